The molecular weight excluding hydrogens is 316 g/mol. The van der Waals surface area contributed by atoms with Crippen molar-refractivity contribution < 1.29 is 28.7 Å². The van der Waals surface area contributed by atoms with E-state index in [1.165, 1.54) is 37.4 Å². The number of hydrogen-bond donors (Lipinski definition) is 2. The maximum absolute atomic E-state index is 12.1. The van der Waals surface area contributed by atoms with Crippen LogP contribution in [0.25, 0.3) is 0 Å². The Labute approximate surface area is 134 Å². The van der Waals surface area contributed by atoms with Crippen LogP contribution >= 0.6 is 0 Å². The SMILES string of the molecule is C[Si](C)(OC(=O)c1ccccc1O)OC(=O)c1ccccc1O. The molecule has 2 aromatic carbocycles. The lowest BCUT2D eigenvalue weighted by atomic mass is 10.2. The number of carbonyl (C=O) groups excluding carboxylic acids is 2. The third kappa shape index (κ3) is 4.10. The van der Waals surface area contributed by atoms with Gasteiger partial charge in [-0.2, -0.15) is 0 Å². The molecule has 0 aliphatic heterocycles. The van der Waals surface area contributed by atoms with Gasteiger partial charge >= 0.3 is 20.5 Å². The van der Waals surface area contributed by atoms with E-state index >= 15 is 0 Å². The van der Waals surface area contributed by atoms with Crippen molar-refractivity contribution in [3.05, 3.63) is 59.7 Å². The number of carbonyl (C=O) groups is 2. The summed E-state index contributed by atoms with van der Waals surface area (Å²) in [5, 5.41) is 19.3. The first-order valence-electron chi connectivity index (χ1n) is 6.83. The van der Waals surface area contributed by atoms with Gasteiger partial charge in [-0.1, -0.05) is 24.3 Å². The van der Waals surface area contributed by atoms with Crippen molar-refractivity contribution in [1.29, 1.82) is 0 Å². The van der Waals surface area contributed by atoms with Crippen molar-refractivity contribution in [3.63, 3.8) is 0 Å². The molecule has 0 saturated carbocycles. The molecule has 0 unspecified atom stereocenters. The van der Waals surface area contributed by atoms with Crippen LogP contribution in [0.15, 0.2) is 48.5 Å². The Hall–Kier alpha value is -2.80. The van der Waals surface area contributed by atoms with Crippen LogP contribution in [-0.2, 0) is 8.85 Å². The second-order valence-electron chi connectivity index (χ2n) is 5.21. The number of phenols is 2. The third-order valence-electron chi connectivity index (χ3n) is 2.92. The number of aromatic hydroxyl groups is 2. The molecule has 6 nitrogen and oxygen atoms in total. The van der Waals surface area contributed by atoms with E-state index in [2.05, 4.69) is 0 Å². The van der Waals surface area contributed by atoms with E-state index in [1.807, 2.05) is 0 Å². The highest BCUT2D eigenvalue weighted by Gasteiger charge is 2.35. The molecule has 0 aliphatic carbocycles. The van der Waals surface area contributed by atoms with Crippen LogP contribution < -0.4 is 0 Å². The van der Waals surface area contributed by atoms with Crippen molar-refractivity contribution in [3.8, 4) is 11.5 Å². The van der Waals surface area contributed by atoms with Gasteiger partial charge in [0.15, 0.2) is 0 Å². The Morgan fingerprint density at radius 3 is 1.48 bits per heavy atom. The van der Waals surface area contributed by atoms with Crippen LogP contribution in [0.4, 0.5) is 0 Å². The predicted molar refractivity (Wildman–Crippen MR) is 84.5 cm³/mol. The number of phenolic OH excluding ortho intramolecular Hbond substituents is 2. The Morgan fingerprint density at radius 1 is 0.783 bits per heavy atom. The van der Waals surface area contributed by atoms with Crippen molar-refractivity contribution >= 4 is 20.5 Å². The maximum atomic E-state index is 12.1. The number of para-hydroxylation sites is 2. The van der Waals surface area contributed by atoms with E-state index in [1.54, 1.807) is 24.3 Å². The minimum absolute atomic E-state index is 0.00770. The molecule has 0 aliphatic rings. The molecule has 0 saturated heterocycles. The van der Waals surface area contributed by atoms with Gasteiger partial charge in [0.2, 0.25) is 0 Å². The lowest BCUT2D eigenvalue weighted by Gasteiger charge is -2.22. The Morgan fingerprint density at radius 2 is 1.13 bits per heavy atom. The van der Waals surface area contributed by atoms with Gasteiger partial charge in [-0.3, -0.25) is 0 Å². The van der Waals surface area contributed by atoms with E-state index in [-0.39, 0.29) is 22.6 Å². The number of hydrogen-bond acceptors (Lipinski definition) is 6. The van der Waals surface area contributed by atoms with Crippen LogP contribution in [0.5, 0.6) is 11.5 Å². The summed E-state index contributed by atoms with van der Waals surface area (Å²) in [6.45, 7) is 3.03. The fourth-order valence-corrected chi connectivity index (χ4v) is 3.02. The lowest BCUT2D eigenvalue weighted by Crippen LogP contribution is -2.39. The molecule has 2 N–H and O–H groups in total. The smallest absolute Gasteiger partial charge is 0.458 e. The second-order valence-corrected chi connectivity index (χ2v) is 8.42. The highest BCUT2D eigenvalue weighted by molar-refractivity contribution is 6.68. The normalized spacial score (nSPS) is 10.9. The largest absolute Gasteiger partial charge is 0.507 e. The third-order valence-corrected chi connectivity index (χ3v) is 4.28. The van der Waals surface area contributed by atoms with Gasteiger partial charge in [-0.25, -0.2) is 9.59 Å². The molecule has 0 radical (unpaired) electrons. The molecule has 2 aromatic rings. The molecular formula is C16H16O6Si. The second kappa shape index (κ2) is 6.53. The van der Waals surface area contributed by atoms with E-state index in [9.17, 15) is 19.8 Å². The molecule has 0 atom stereocenters. The molecule has 0 bridgehead atoms. The summed E-state index contributed by atoms with van der Waals surface area (Å²) in [5.41, 5.74) is -0.0154. The summed E-state index contributed by atoms with van der Waals surface area (Å²) >= 11 is 0. The van der Waals surface area contributed by atoms with Crippen molar-refractivity contribution in [2.24, 2.45) is 0 Å². The quantitative estimate of drug-likeness (QED) is 0.836. The predicted octanol–water partition coefficient (Wildman–Crippen LogP) is 2.81. The molecule has 0 fully saturated rings. The van der Waals surface area contributed by atoms with Gasteiger partial charge in [-0.15, -0.1) is 0 Å². The van der Waals surface area contributed by atoms with E-state index in [0.717, 1.165) is 0 Å². The van der Waals surface area contributed by atoms with Gasteiger partial charge in [0.05, 0.1) is 0 Å². The zero-order chi connectivity index (χ0) is 17.0. The molecule has 0 amide bonds. The molecule has 0 aromatic heterocycles. The topological polar surface area (TPSA) is 93.1 Å². The fraction of sp³-hybridized carbons (Fsp3) is 0.125. The minimum atomic E-state index is -3.16. The number of rotatable bonds is 4. The molecule has 0 spiro atoms. The first-order chi connectivity index (χ1) is 10.8. The van der Waals surface area contributed by atoms with Crippen LogP contribution in [0.1, 0.15) is 20.7 Å². The summed E-state index contributed by atoms with van der Waals surface area (Å²) in [6, 6.07) is 11.9. The molecule has 7 heteroatoms. The first kappa shape index (κ1) is 16.6. The molecule has 23 heavy (non-hydrogen) atoms. The zero-order valence-corrected chi connectivity index (χ0v) is 13.6. The van der Waals surface area contributed by atoms with E-state index in [0.29, 0.717) is 0 Å². The Bertz CT molecular complexity index is 679. The monoisotopic (exact) mass is 332 g/mol. The summed E-state index contributed by atoms with van der Waals surface area (Å²) in [7, 11) is -3.16. The zero-order valence-electron chi connectivity index (χ0n) is 12.6. The highest BCUT2D eigenvalue weighted by atomic mass is 28.4. The van der Waals surface area contributed by atoms with E-state index < -0.39 is 20.5 Å². The van der Waals surface area contributed by atoms with Gasteiger partial charge in [0.25, 0.3) is 0 Å². The summed E-state index contributed by atoms with van der Waals surface area (Å²) < 4.78 is 10.5. The van der Waals surface area contributed by atoms with E-state index in [4.69, 9.17) is 8.85 Å². The van der Waals surface area contributed by atoms with Gasteiger partial charge in [-0.05, 0) is 24.3 Å². The average molecular weight is 332 g/mol. The van der Waals surface area contributed by atoms with Gasteiger partial charge in [0.1, 0.15) is 22.6 Å². The number of benzene rings is 2. The van der Waals surface area contributed by atoms with Crippen molar-refractivity contribution in [2.75, 3.05) is 0 Å². The van der Waals surface area contributed by atoms with Crippen LogP contribution in [-0.4, -0.2) is 30.7 Å². The van der Waals surface area contributed by atoms with Gasteiger partial charge in [0, 0.05) is 13.1 Å². The average Bonchev–Trinajstić information content (AvgIpc) is 2.46. The fourth-order valence-electron chi connectivity index (χ4n) is 1.87. The summed E-state index contributed by atoms with van der Waals surface area (Å²) in [5.74, 6) is -1.97. The Balaban J connectivity index is 2.10. The van der Waals surface area contributed by atoms with Crippen LogP contribution in [0.2, 0.25) is 13.1 Å². The first-order valence-corrected chi connectivity index (χ1v) is 9.64. The standard InChI is InChI=1S/C16H16O6Si/c1-23(2,21-15(19)11-7-3-5-9-13(11)17)22-16(20)12-8-4-6-10-14(12)18/h3-10,17-18H,1-2H3. The summed E-state index contributed by atoms with van der Waals surface area (Å²) in [4.78, 5) is 24.2. The minimum Gasteiger partial charge on any atom is -0.507 e. The summed E-state index contributed by atoms with van der Waals surface area (Å²) in [6.07, 6.45) is 0. The van der Waals surface area contributed by atoms with Gasteiger partial charge < -0.3 is 19.1 Å². The highest BCUT2D eigenvalue weighted by Crippen LogP contribution is 2.22. The lowest BCUT2D eigenvalue weighted by molar-refractivity contribution is 0.0575. The molecule has 0 heterocycles. The van der Waals surface area contributed by atoms with Crippen molar-refractivity contribution in [2.45, 2.75) is 13.1 Å². The van der Waals surface area contributed by atoms with Crippen LogP contribution in [0, 0.1) is 0 Å². The molecule has 120 valence electrons. The molecule has 2 rings (SSSR count). The van der Waals surface area contributed by atoms with Crippen molar-refractivity contribution in [1.82, 2.24) is 0 Å². The maximum Gasteiger partial charge on any atom is 0.458 e. The van der Waals surface area contributed by atoms with Crippen LogP contribution in [0.3, 0.4) is 0 Å². The Kier molecular flexibility index (Phi) is 4.70.